The fourth-order valence-corrected chi connectivity index (χ4v) is 3.57. The van der Waals surface area contributed by atoms with E-state index in [4.69, 9.17) is 16.3 Å². The highest BCUT2D eigenvalue weighted by Gasteiger charge is 2.29. The number of carbonyl (C=O) groups excluding carboxylic acids is 2. The van der Waals surface area contributed by atoms with Gasteiger partial charge in [0.2, 0.25) is 0 Å². The zero-order valence-electron chi connectivity index (χ0n) is 17.3. The summed E-state index contributed by atoms with van der Waals surface area (Å²) in [6.07, 6.45) is 3.18. The van der Waals surface area contributed by atoms with E-state index in [-0.39, 0.29) is 30.0 Å². The number of hydrogen-bond donors (Lipinski definition) is 0. The fourth-order valence-electron chi connectivity index (χ4n) is 3.40. The number of benzene rings is 2. The molecule has 1 aliphatic rings. The van der Waals surface area contributed by atoms with Gasteiger partial charge in [-0.3, -0.25) is 10.1 Å². The molecule has 0 saturated carbocycles. The van der Waals surface area contributed by atoms with Crippen molar-refractivity contribution in [1.29, 1.82) is 0 Å². The molecule has 1 aromatic heterocycles. The Bertz CT molecular complexity index is 1330. The van der Waals surface area contributed by atoms with Crippen LogP contribution < -0.4 is 4.90 Å². The number of rotatable bonds is 6. The van der Waals surface area contributed by atoms with E-state index in [0.717, 1.165) is 0 Å². The minimum absolute atomic E-state index is 0.0293. The third-order valence-corrected chi connectivity index (χ3v) is 5.12. The molecule has 0 atom stereocenters. The van der Waals surface area contributed by atoms with Crippen LogP contribution in [0.3, 0.4) is 0 Å². The van der Waals surface area contributed by atoms with Crippen molar-refractivity contribution in [2.75, 3.05) is 11.5 Å². The highest BCUT2D eigenvalue weighted by Crippen LogP contribution is 2.38. The summed E-state index contributed by atoms with van der Waals surface area (Å²) in [5, 5.41) is 19.5. The van der Waals surface area contributed by atoms with E-state index in [1.807, 2.05) is 5.94 Å². The number of aromatic nitrogens is 3. The van der Waals surface area contributed by atoms with Crippen molar-refractivity contribution in [1.82, 2.24) is 15.0 Å². The Hall–Kier alpha value is -4.27. The Kier molecular flexibility index (Phi) is 6.03. The maximum Gasteiger partial charge on any atom is 0.341 e. The predicted octanol–water partition coefficient (Wildman–Crippen LogP) is 3.51. The number of ether oxygens (including phenoxy) is 1. The zero-order valence-corrected chi connectivity index (χ0v) is 18.0. The van der Waals surface area contributed by atoms with Crippen LogP contribution in [-0.2, 0) is 20.9 Å². The number of nitro groups is 1. The number of carbonyl (C=O) groups is 1. The summed E-state index contributed by atoms with van der Waals surface area (Å²) in [4.78, 5) is 36.3. The molecule has 0 radical (unpaired) electrons. The van der Waals surface area contributed by atoms with Crippen molar-refractivity contribution < 1.29 is 19.2 Å². The molecule has 166 valence electrons. The summed E-state index contributed by atoms with van der Waals surface area (Å²) >= 11 is 6.13. The molecule has 0 unspecified atom stereocenters. The lowest BCUT2D eigenvalue weighted by atomic mass is 9.94. The van der Waals surface area contributed by atoms with Crippen LogP contribution in [0.1, 0.15) is 18.2 Å². The molecule has 10 nitrogen and oxygen atoms in total. The van der Waals surface area contributed by atoms with E-state index in [9.17, 15) is 19.7 Å². The number of hydrogen-bond acceptors (Lipinski definition) is 8. The Morgan fingerprint density at radius 3 is 2.67 bits per heavy atom. The van der Waals surface area contributed by atoms with Gasteiger partial charge in [0.05, 0.1) is 41.1 Å². The van der Waals surface area contributed by atoms with Gasteiger partial charge in [-0.25, -0.2) is 14.3 Å². The van der Waals surface area contributed by atoms with Gasteiger partial charge in [0.1, 0.15) is 11.6 Å². The molecule has 4 rings (SSSR count). The molecule has 11 heteroatoms. The first-order valence-corrected chi connectivity index (χ1v) is 10.2. The van der Waals surface area contributed by atoms with Gasteiger partial charge < -0.3 is 9.64 Å². The molecule has 0 saturated heterocycles. The molecule has 2 heterocycles. The van der Waals surface area contributed by atoms with Gasteiger partial charge in [-0.2, -0.15) is 0 Å². The predicted molar refractivity (Wildman–Crippen MR) is 119 cm³/mol. The quantitative estimate of drug-likeness (QED) is 0.235. The van der Waals surface area contributed by atoms with Crippen LogP contribution in [0.5, 0.6) is 0 Å². The largest absolute Gasteiger partial charge is 0.462 e. The minimum Gasteiger partial charge on any atom is -0.462 e. The SMILES string of the molecule is CCOC(=O)C1=CN(Cc2cn(-c3ccc([N+](=O)[O-])cc3)nn2)c2ccc(Cl)cc2C1=C=O. The van der Waals surface area contributed by atoms with Crippen LogP contribution in [0.25, 0.3) is 11.3 Å². The number of nitro benzene ring substituents is 1. The highest BCUT2D eigenvalue weighted by molar-refractivity contribution is 6.31. The number of fused-ring (bicyclic) bond motifs is 1. The summed E-state index contributed by atoms with van der Waals surface area (Å²) in [7, 11) is 0. The molecule has 2 aromatic carbocycles. The van der Waals surface area contributed by atoms with Crippen molar-refractivity contribution in [3.8, 4) is 5.69 Å². The summed E-state index contributed by atoms with van der Waals surface area (Å²) in [6.45, 7) is 2.04. The first-order valence-electron chi connectivity index (χ1n) is 9.78. The first kappa shape index (κ1) is 21.9. The van der Waals surface area contributed by atoms with Crippen LogP contribution in [-0.4, -0.2) is 38.4 Å². The normalized spacial score (nSPS) is 12.6. The maximum atomic E-state index is 12.5. The van der Waals surface area contributed by atoms with Crippen molar-refractivity contribution >= 4 is 40.5 Å². The standard InChI is InChI=1S/C22H16ClN5O5/c1-2-33-22(30)19-12-26(21-8-3-14(23)9-18(21)20(19)13-29)10-15-11-27(25-24-15)16-4-6-17(7-5-16)28(31)32/h3-9,11-12H,2,10H2,1H3. The van der Waals surface area contributed by atoms with Crippen molar-refractivity contribution in [2.24, 2.45) is 0 Å². The van der Waals surface area contributed by atoms with Gasteiger partial charge in [0, 0.05) is 34.6 Å². The molecular weight excluding hydrogens is 450 g/mol. The van der Waals surface area contributed by atoms with E-state index in [0.29, 0.717) is 27.7 Å². The Balaban J connectivity index is 1.68. The number of halogens is 1. The summed E-state index contributed by atoms with van der Waals surface area (Å²) in [5.41, 5.74) is 2.33. The molecule has 1 aliphatic heterocycles. The zero-order chi connectivity index (χ0) is 23.5. The number of non-ortho nitro benzene ring substituents is 1. The monoisotopic (exact) mass is 465 g/mol. The molecule has 0 bridgehead atoms. The average Bonchev–Trinajstić information content (AvgIpc) is 3.27. The van der Waals surface area contributed by atoms with Gasteiger partial charge in [-0.1, -0.05) is 16.8 Å². The topological polar surface area (TPSA) is 120 Å². The van der Waals surface area contributed by atoms with Crippen molar-refractivity contribution in [3.63, 3.8) is 0 Å². The molecule has 0 aliphatic carbocycles. The van der Waals surface area contributed by atoms with Crippen LogP contribution >= 0.6 is 11.6 Å². The molecule has 0 fully saturated rings. The third kappa shape index (κ3) is 4.38. The Morgan fingerprint density at radius 1 is 1.24 bits per heavy atom. The maximum absolute atomic E-state index is 12.5. The molecule has 0 spiro atoms. The fraction of sp³-hybridized carbons (Fsp3) is 0.136. The third-order valence-electron chi connectivity index (χ3n) is 4.89. The molecule has 3 aromatic rings. The average molecular weight is 466 g/mol. The second-order valence-corrected chi connectivity index (χ2v) is 7.39. The lowest BCUT2D eigenvalue weighted by Gasteiger charge is -2.28. The summed E-state index contributed by atoms with van der Waals surface area (Å²) < 4.78 is 6.58. The van der Waals surface area contributed by atoms with E-state index < -0.39 is 10.9 Å². The van der Waals surface area contributed by atoms with E-state index in [1.165, 1.54) is 23.0 Å². The lowest BCUT2D eigenvalue weighted by Crippen LogP contribution is -2.25. The lowest BCUT2D eigenvalue weighted by molar-refractivity contribution is -0.384. The molecular formula is C22H16ClN5O5. The summed E-state index contributed by atoms with van der Waals surface area (Å²) in [5.74, 6) is 1.18. The second kappa shape index (κ2) is 9.07. The van der Waals surface area contributed by atoms with Crippen molar-refractivity contribution in [3.05, 3.63) is 86.8 Å². The highest BCUT2D eigenvalue weighted by atomic mass is 35.5. The minimum atomic E-state index is -0.652. The number of nitrogens with zero attached hydrogens (tertiary/aromatic N) is 5. The van der Waals surface area contributed by atoms with Gasteiger partial charge in [0.15, 0.2) is 0 Å². The van der Waals surface area contributed by atoms with Crippen molar-refractivity contribution in [2.45, 2.75) is 13.5 Å². The second-order valence-electron chi connectivity index (χ2n) is 6.96. The van der Waals surface area contributed by atoms with Gasteiger partial charge in [-0.05, 0) is 37.3 Å². The Labute approximate surface area is 192 Å². The van der Waals surface area contributed by atoms with Gasteiger partial charge >= 0.3 is 5.97 Å². The van der Waals surface area contributed by atoms with Gasteiger partial charge in [-0.15, -0.1) is 5.10 Å². The molecule has 0 N–H and O–H groups in total. The first-order chi connectivity index (χ1) is 15.9. The van der Waals surface area contributed by atoms with E-state index in [1.54, 1.807) is 48.4 Å². The number of anilines is 1. The van der Waals surface area contributed by atoms with Gasteiger partial charge in [0.25, 0.3) is 5.69 Å². The molecule has 0 amide bonds. The van der Waals surface area contributed by atoms with E-state index >= 15 is 0 Å². The van der Waals surface area contributed by atoms with Crippen LogP contribution in [0, 0.1) is 10.1 Å². The summed E-state index contributed by atoms with van der Waals surface area (Å²) in [6, 6.07) is 10.9. The van der Waals surface area contributed by atoms with E-state index in [2.05, 4.69) is 10.3 Å². The van der Waals surface area contributed by atoms with Crippen LogP contribution in [0.15, 0.2) is 60.4 Å². The van der Waals surface area contributed by atoms with Crippen LogP contribution in [0.4, 0.5) is 11.4 Å². The Morgan fingerprint density at radius 2 is 2.00 bits per heavy atom. The molecule has 33 heavy (non-hydrogen) atoms. The van der Waals surface area contributed by atoms with Crippen LogP contribution in [0.2, 0.25) is 5.02 Å². The number of esters is 1. The smallest absolute Gasteiger partial charge is 0.341 e.